The van der Waals surface area contributed by atoms with Gasteiger partial charge in [-0.05, 0) is 72.0 Å². The highest BCUT2D eigenvalue weighted by Gasteiger charge is 2.18. The van der Waals surface area contributed by atoms with Crippen LogP contribution in [0.25, 0.3) is 0 Å². The first kappa shape index (κ1) is 24.1. The second-order valence-corrected chi connectivity index (χ2v) is 11.4. The van der Waals surface area contributed by atoms with Gasteiger partial charge in [0.2, 0.25) is 0 Å². The lowest BCUT2D eigenvalue weighted by Gasteiger charge is -2.25. The van der Waals surface area contributed by atoms with E-state index in [1.165, 1.54) is 74.0 Å². The Bertz CT molecular complexity index is 598. The van der Waals surface area contributed by atoms with Crippen LogP contribution in [0.15, 0.2) is 60.7 Å². The summed E-state index contributed by atoms with van der Waals surface area (Å²) < 4.78 is 0. The zero-order valence-electron chi connectivity index (χ0n) is 19.3. The van der Waals surface area contributed by atoms with Gasteiger partial charge in [-0.1, -0.05) is 101 Å². The largest absolute Gasteiger partial charge is 0.162 e. The molecule has 0 aromatic heterocycles. The molecule has 0 saturated carbocycles. The molecule has 0 amide bonds. The maximum Gasteiger partial charge on any atom is -0.00675 e. The second kappa shape index (κ2) is 12.5. The topological polar surface area (TPSA) is 0 Å². The minimum absolute atomic E-state index is 0.413. The molecule has 2 rings (SSSR count). The molecule has 0 heterocycles. The lowest BCUT2D eigenvalue weighted by molar-refractivity contribution is 0.321. The fraction of sp³-hybridized carbons (Fsp3) is 0.571. The Balaban J connectivity index is 1.48. The minimum atomic E-state index is 0.413. The minimum Gasteiger partial charge on any atom is -0.162 e. The van der Waals surface area contributed by atoms with Crippen molar-refractivity contribution in [3.05, 3.63) is 71.8 Å². The van der Waals surface area contributed by atoms with Crippen molar-refractivity contribution in [2.24, 2.45) is 10.8 Å². The Morgan fingerprint density at radius 1 is 0.552 bits per heavy atom. The van der Waals surface area contributed by atoms with Crippen LogP contribution in [0.2, 0.25) is 0 Å². The molecule has 0 nitrogen and oxygen atoms in total. The summed E-state index contributed by atoms with van der Waals surface area (Å²) in [6.45, 7) is 9.68. The molecule has 0 bridgehead atoms. The Morgan fingerprint density at radius 2 is 0.931 bits per heavy atom. The molecule has 0 radical (unpaired) electrons. The summed E-state index contributed by atoms with van der Waals surface area (Å²) in [7, 11) is 0. The van der Waals surface area contributed by atoms with Crippen LogP contribution < -0.4 is 0 Å². The van der Waals surface area contributed by atoms with E-state index in [1.807, 2.05) is 0 Å². The Morgan fingerprint density at radius 3 is 1.31 bits per heavy atom. The van der Waals surface area contributed by atoms with E-state index in [0.29, 0.717) is 10.8 Å². The highest BCUT2D eigenvalue weighted by atomic mass is 32.2. The number of unbranched alkanes of at least 4 members (excludes halogenated alkanes) is 2. The summed E-state index contributed by atoms with van der Waals surface area (Å²) in [5, 5.41) is 0. The van der Waals surface area contributed by atoms with Crippen molar-refractivity contribution in [3.8, 4) is 0 Å². The first-order chi connectivity index (χ1) is 13.9. The summed E-state index contributed by atoms with van der Waals surface area (Å²) in [6.07, 6.45) is 10.5. The van der Waals surface area contributed by atoms with Gasteiger partial charge in [0.15, 0.2) is 0 Å². The average Bonchev–Trinajstić information content (AvgIpc) is 2.67. The van der Waals surface area contributed by atoms with Gasteiger partial charge in [0.05, 0.1) is 0 Å². The van der Waals surface area contributed by atoms with Crippen molar-refractivity contribution in [1.82, 2.24) is 0 Å². The lowest BCUT2D eigenvalue weighted by Crippen LogP contribution is -2.15. The van der Waals surface area contributed by atoms with Crippen molar-refractivity contribution in [3.63, 3.8) is 0 Å². The zero-order valence-corrected chi connectivity index (χ0v) is 20.1. The van der Waals surface area contributed by atoms with Gasteiger partial charge in [0.1, 0.15) is 0 Å². The first-order valence-electron chi connectivity index (χ1n) is 11.5. The van der Waals surface area contributed by atoms with Gasteiger partial charge in [-0.25, -0.2) is 0 Å². The first-order valence-corrected chi connectivity index (χ1v) is 12.7. The van der Waals surface area contributed by atoms with E-state index in [4.69, 9.17) is 0 Å². The van der Waals surface area contributed by atoms with E-state index >= 15 is 0 Å². The number of thioether (sulfide) groups is 1. The Kier molecular flexibility index (Phi) is 10.4. The molecular weight excluding hydrogens is 368 g/mol. The highest BCUT2D eigenvalue weighted by molar-refractivity contribution is 7.99. The molecule has 2 aromatic carbocycles. The third kappa shape index (κ3) is 10.9. The van der Waals surface area contributed by atoms with Crippen molar-refractivity contribution < 1.29 is 0 Å². The van der Waals surface area contributed by atoms with Gasteiger partial charge in [0, 0.05) is 0 Å². The van der Waals surface area contributed by atoms with Crippen LogP contribution in [0.1, 0.15) is 77.3 Å². The summed E-state index contributed by atoms with van der Waals surface area (Å²) in [5.41, 5.74) is 3.77. The quantitative estimate of drug-likeness (QED) is 0.281. The van der Waals surface area contributed by atoms with Gasteiger partial charge >= 0.3 is 0 Å². The molecule has 1 heteroatoms. The fourth-order valence-electron chi connectivity index (χ4n) is 4.19. The average molecular weight is 411 g/mol. The van der Waals surface area contributed by atoms with E-state index in [2.05, 4.69) is 100 Å². The molecule has 0 aliphatic rings. The monoisotopic (exact) mass is 410 g/mol. The molecule has 0 spiro atoms. The summed E-state index contributed by atoms with van der Waals surface area (Å²) in [5.74, 6) is 2.66. The SMILES string of the molecule is CC(C)(CCCCSCCCCC(C)(C)Cc1ccccc1)Cc1ccccc1. The van der Waals surface area contributed by atoms with Crippen molar-refractivity contribution >= 4 is 11.8 Å². The van der Waals surface area contributed by atoms with Gasteiger partial charge in [-0.15, -0.1) is 0 Å². The predicted octanol–water partition coefficient (Wildman–Crippen LogP) is 8.60. The maximum absolute atomic E-state index is 2.42. The van der Waals surface area contributed by atoms with Crippen LogP contribution in [0, 0.1) is 10.8 Å². The van der Waals surface area contributed by atoms with E-state index in [0.717, 1.165) is 0 Å². The molecule has 0 unspecified atom stereocenters. The van der Waals surface area contributed by atoms with Crippen molar-refractivity contribution in [1.29, 1.82) is 0 Å². The molecule has 0 atom stereocenters. The van der Waals surface area contributed by atoms with Crippen LogP contribution in [-0.2, 0) is 12.8 Å². The summed E-state index contributed by atoms with van der Waals surface area (Å²) in [4.78, 5) is 0. The van der Waals surface area contributed by atoms with Gasteiger partial charge in [-0.2, -0.15) is 11.8 Å². The molecule has 29 heavy (non-hydrogen) atoms. The van der Waals surface area contributed by atoms with Crippen molar-refractivity contribution in [2.75, 3.05) is 11.5 Å². The molecule has 0 N–H and O–H groups in total. The molecule has 0 fully saturated rings. The third-order valence-corrected chi connectivity index (χ3v) is 6.99. The highest BCUT2D eigenvalue weighted by Crippen LogP contribution is 2.30. The maximum atomic E-state index is 2.42. The van der Waals surface area contributed by atoms with E-state index in [9.17, 15) is 0 Å². The molecule has 0 aliphatic carbocycles. The number of rotatable bonds is 14. The standard InChI is InChI=1S/C28H42S/c1-27(2,23-25-15-7-5-8-16-25)19-11-13-21-29-22-14-12-20-28(3,4)24-26-17-9-6-10-18-26/h5-10,15-18H,11-14,19-24H2,1-4H3. The summed E-state index contributed by atoms with van der Waals surface area (Å²) in [6, 6.07) is 21.9. The Hall–Kier alpha value is -1.21. The van der Waals surface area contributed by atoms with E-state index in [-0.39, 0.29) is 0 Å². The molecule has 160 valence electrons. The van der Waals surface area contributed by atoms with Crippen LogP contribution in [0.3, 0.4) is 0 Å². The number of benzene rings is 2. The zero-order chi connectivity index (χ0) is 21.0. The predicted molar refractivity (Wildman–Crippen MR) is 133 cm³/mol. The van der Waals surface area contributed by atoms with Crippen molar-refractivity contribution in [2.45, 2.75) is 79.1 Å². The lowest BCUT2D eigenvalue weighted by atomic mass is 9.81. The summed E-state index contributed by atoms with van der Waals surface area (Å²) >= 11 is 2.16. The normalized spacial score (nSPS) is 12.3. The van der Waals surface area contributed by atoms with Gasteiger partial charge < -0.3 is 0 Å². The molecule has 2 aromatic rings. The number of hydrogen-bond acceptors (Lipinski definition) is 1. The molecular formula is C28H42S. The van der Waals surface area contributed by atoms with Crippen LogP contribution in [-0.4, -0.2) is 11.5 Å². The van der Waals surface area contributed by atoms with E-state index < -0.39 is 0 Å². The fourth-order valence-corrected chi connectivity index (χ4v) is 5.21. The van der Waals surface area contributed by atoms with Crippen LogP contribution in [0.5, 0.6) is 0 Å². The van der Waals surface area contributed by atoms with Gasteiger partial charge in [-0.3, -0.25) is 0 Å². The van der Waals surface area contributed by atoms with E-state index in [1.54, 1.807) is 0 Å². The smallest absolute Gasteiger partial charge is 0.00675 e. The molecule has 0 aliphatic heterocycles. The van der Waals surface area contributed by atoms with Crippen LogP contribution >= 0.6 is 11.8 Å². The second-order valence-electron chi connectivity index (χ2n) is 10.2. The van der Waals surface area contributed by atoms with Gasteiger partial charge in [0.25, 0.3) is 0 Å². The Labute approximate surface area is 184 Å². The van der Waals surface area contributed by atoms with Crippen LogP contribution in [0.4, 0.5) is 0 Å². The number of hydrogen-bond donors (Lipinski definition) is 0. The molecule has 0 saturated heterocycles. The third-order valence-electron chi connectivity index (χ3n) is 5.84.